The lowest BCUT2D eigenvalue weighted by atomic mass is 9.74. The van der Waals surface area contributed by atoms with E-state index in [9.17, 15) is 14.4 Å². The number of aromatic nitrogens is 2. The second kappa shape index (κ2) is 8.26. The zero-order valence-corrected chi connectivity index (χ0v) is 21.0. The minimum Gasteiger partial charge on any atom is -0.465 e. The van der Waals surface area contributed by atoms with Crippen molar-refractivity contribution in [3.63, 3.8) is 0 Å². The minimum absolute atomic E-state index is 0.00995. The van der Waals surface area contributed by atoms with Gasteiger partial charge in [0.15, 0.2) is 0 Å². The van der Waals surface area contributed by atoms with Crippen molar-refractivity contribution >= 4 is 50.3 Å². The van der Waals surface area contributed by atoms with E-state index in [0.717, 1.165) is 32.2 Å². The summed E-state index contributed by atoms with van der Waals surface area (Å²) in [7, 11) is 0. The van der Waals surface area contributed by atoms with Crippen LogP contribution in [0.4, 0.5) is 10.5 Å². The van der Waals surface area contributed by atoms with Crippen LogP contribution in [0.25, 0.3) is 10.8 Å². The molecule has 4 heterocycles. The Morgan fingerprint density at radius 2 is 1.83 bits per heavy atom. The van der Waals surface area contributed by atoms with Gasteiger partial charge in [0, 0.05) is 35.3 Å². The van der Waals surface area contributed by atoms with Crippen molar-refractivity contribution in [3.8, 4) is 0 Å². The largest absolute Gasteiger partial charge is 0.465 e. The van der Waals surface area contributed by atoms with Gasteiger partial charge in [-0.1, -0.05) is 24.3 Å². The Kier molecular flexibility index (Phi) is 5.26. The van der Waals surface area contributed by atoms with Crippen LogP contribution in [0.5, 0.6) is 0 Å². The Bertz CT molecular complexity index is 1410. The van der Waals surface area contributed by atoms with Crippen LogP contribution in [-0.2, 0) is 21.5 Å². The predicted molar refractivity (Wildman–Crippen MR) is 135 cm³/mol. The number of carbonyl (C=O) groups is 3. The number of pyridine rings is 2. The smallest absolute Gasteiger partial charge is 0.405 e. The summed E-state index contributed by atoms with van der Waals surface area (Å²) in [6.07, 6.45) is 6.02. The third-order valence-corrected chi connectivity index (χ3v) is 8.67. The van der Waals surface area contributed by atoms with Gasteiger partial charge in [0.1, 0.15) is 5.54 Å². The van der Waals surface area contributed by atoms with E-state index < -0.39 is 17.0 Å². The molecule has 1 saturated carbocycles. The number of nitrogens with one attached hydrogen (secondary N) is 1. The molecule has 1 aromatic carbocycles. The van der Waals surface area contributed by atoms with Gasteiger partial charge in [-0.15, -0.1) is 0 Å². The van der Waals surface area contributed by atoms with Gasteiger partial charge in [-0.2, -0.15) is 0 Å². The maximum atomic E-state index is 14.0. The number of piperidine rings is 1. The molecule has 1 saturated heterocycles. The molecule has 10 heteroatoms. The average Bonchev–Trinajstić information content (AvgIpc) is 3.63. The first-order valence-corrected chi connectivity index (χ1v) is 12.7. The first-order chi connectivity index (χ1) is 17.3. The molecule has 9 nitrogen and oxygen atoms in total. The van der Waals surface area contributed by atoms with Crippen LogP contribution in [0.1, 0.15) is 36.9 Å². The molecule has 2 fully saturated rings. The summed E-state index contributed by atoms with van der Waals surface area (Å²) in [5, 5.41) is 13.6. The Morgan fingerprint density at radius 1 is 1.08 bits per heavy atom. The number of fused-ring (bicyclic) bond motifs is 3. The molecule has 3 amide bonds. The quantitative estimate of drug-likeness (QED) is 0.513. The monoisotopic (exact) mass is 549 g/mol. The van der Waals surface area contributed by atoms with E-state index in [1.165, 1.54) is 0 Å². The third kappa shape index (κ3) is 3.46. The first kappa shape index (κ1) is 22.9. The average molecular weight is 550 g/mol. The normalized spacial score (nSPS) is 19.4. The van der Waals surface area contributed by atoms with Crippen LogP contribution in [0.3, 0.4) is 0 Å². The standard InChI is InChI=1S/C26H24BrN5O4/c27-21-17-4-2-1-3-16(17)13-29-19(21)15-32-20-14-28-10-5-18(20)25(22(32)33)8-11-31(12-9-25)23(34)26(6-7-26)30-24(35)36/h1-5,10,13-14,30H,6-9,11-12,15H2,(H,35,36). The van der Waals surface area contributed by atoms with Crippen molar-refractivity contribution in [1.82, 2.24) is 20.2 Å². The lowest BCUT2D eigenvalue weighted by Gasteiger charge is -2.39. The van der Waals surface area contributed by atoms with Crippen LogP contribution in [0, 0.1) is 0 Å². The fraction of sp³-hybridized carbons (Fsp3) is 0.346. The van der Waals surface area contributed by atoms with Crippen molar-refractivity contribution in [2.24, 2.45) is 0 Å². The Morgan fingerprint density at radius 3 is 2.56 bits per heavy atom. The van der Waals surface area contributed by atoms with Crippen molar-refractivity contribution in [1.29, 1.82) is 0 Å². The molecule has 3 aliphatic rings. The molecule has 3 aromatic rings. The summed E-state index contributed by atoms with van der Waals surface area (Å²) >= 11 is 3.69. The van der Waals surface area contributed by atoms with Gasteiger partial charge >= 0.3 is 6.09 Å². The minimum atomic E-state index is -1.19. The van der Waals surface area contributed by atoms with Gasteiger partial charge in [0.05, 0.1) is 29.5 Å². The summed E-state index contributed by atoms with van der Waals surface area (Å²) in [5.74, 6) is -0.203. The highest BCUT2D eigenvalue weighted by molar-refractivity contribution is 9.10. The van der Waals surface area contributed by atoms with Gasteiger partial charge in [0.2, 0.25) is 11.8 Å². The number of anilines is 1. The van der Waals surface area contributed by atoms with Crippen LogP contribution in [0.2, 0.25) is 0 Å². The molecule has 2 N–H and O–H groups in total. The zero-order valence-electron chi connectivity index (χ0n) is 19.4. The first-order valence-electron chi connectivity index (χ1n) is 11.9. The highest BCUT2D eigenvalue weighted by atomic mass is 79.9. The molecule has 184 valence electrons. The molecule has 0 bridgehead atoms. The van der Waals surface area contributed by atoms with Gasteiger partial charge < -0.3 is 20.2 Å². The van der Waals surface area contributed by atoms with Crippen LogP contribution >= 0.6 is 15.9 Å². The van der Waals surface area contributed by atoms with E-state index >= 15 is 0 Å². The Hall–Kier alpha value is -3.53. The number of halogens is 1. The Balaban J connectivity index is 1.27. The number of amides is 3. The number of nitrogens with zero attached hydrogens (tertiary/aromatic N) is 4. The Labute approximate surface area is 215 Å². The van der Waals surface area contributed by atoms with Gasteiger partial charge in [-0.3, -0.25) is 19.6 Å². The number of likely N-dealkylation sites (tertiary alicyclic amines) is 1. The van der Waals surface area contributed by atoms with E-state index in [-0.39, 0.29) is 11.8 Å². The highest BCUT2D eigenvalue weighted by Gasteiger charge is 2.57. The molecule has 2 aromatic heterocycles. The number of rotatable bonds is 4. The topological polar surface area (TPSA) is 116 Å². The number of hydrogen-bond acceptors (Lipinski definition) is 5. The second-order valence-corrected chi connectivity index (χ2v) is 10.6. The maximum Gasteiger partial charge on any atom is 0.405 e. The van der Waals surface area contributed by atoms with E-state index in [2.05, 4.69) is 31.2 Å². The fourth-order valence-electron chi connectivity index (χ4n) is 5.67. The van der Waals surface area contributed by atoms with Crippen molar-refractivity contribution in [2.75, 3.05) is 18.0 Å². The van der Waals surface area contributed by atoms with Crippen molar-refractivity contribution in [3.05, 3.63) is 64.7 Å². The second-order valence-electron chi connectivity index (χ2n) is 9.78. The fourth-order valence-corrected chi connectivity index (χ4v) is 6.26. The molecule has 36 heavy (non-hydrogen) atoms. The molecule has 0 atom stereocenters. The molecule has 0 radical (unpaired) electrons. The number of carbonyl (C=O) groups excluding carboxylic acids is 2. The number of carboxylic acid groups (broad SMARTS) is 1. The predicted octanol–water partition coefficient (Wildman–Crippen LogP) is 3.60. The highest BCUT2D eigenvalue weighted by Crippen LogP contribution is 2.49. The van der Waals surface area contributed by atoms with Crippen molar-refractivity contribution < 1.29 is 19.5 Å². The van der Waals surface area contributed by atoms with Crippen LogP contribution < -0.4 is 10.2 Å². The van der Waals surface area contributed by atoms with Crippen LogP contribution in [-0.4, -0.2) is 56.5 Å². The summed E-state index contributed by atoms with van der Waals surface area (Å²) in [6.45, 7) is 1.08. The molecular formula is C26H24BrN5O4. The van der Waals surface area contributed by atoms with E-state index in [0.29, 0.717) is 45.3 Å². The number of hydrogen-bond donors (Lipinski definition) is 2. The molecule has 1 spiro atoms. The van der Waals surface area contributed by atoms with Gasteiger partial charge in [-0.05, 0) is 58.6 Å². The molecular weight excluding hydrogens is 526 g/mol. The van der Waals surface area contributed by atoms with Crippen molar-refractivity contribution in [2.45, 2.75) is 43.2 Å². The van der Waals surface area contributed by atoms with Gasteiger partial charge in [-0.25, -0.2) is 4.79 Å². The number of benzene rings is 1. The van der Waals surface area contributed by atoms with E-state index in [4.69, 9.17) is 5.11 Å². The van der Waals surface area contributed by atoms with Gasteiger partial charge in [0.25, 0.3) is 0 Å². The summed E-state index contributed by atoms with van der Waals surface area (Å²) < 4.78 is 0.862. The third-order valence-electron chi connectivity index (χ3n) is 7.79. The van der Waals surface area contributed by atoms with Crippen LogP contribution in [0.15, 0.2) is 53.4 Å². The lowest BCUT2D eigenvalue weighted by Crippen LogP contribution is -2.55. The van der Waals surface area contributed by atoms with E-state index in [1.807, 2.05) is 36.5 Å². The molecule has 2 aliphatic heterocycles. The lowest BCUT2D eigenvalue weighted by molar-refractivity contribution is -0.138. The van der Waals surface area contributed by atoms with E-state index in [1.54, 1.807) is 22.2 Å². The maximum absolute atomic E-state index is 14.0. The molecule has 6 rings (SSSR count). The molecule has 1 aliphatic carbocycles. The summed E-state index contributed by atoms with van der Waals surface area (Å²) in [6, 6.07) is 9.86. The molecule has 0 unspecified atom stereocenters. The summed E-state index contributed by atoms with van der Waals surface area (Å²) in [4.78, 5) is 50.6. The SMILES string of the molecule is O=C(O)NC1(C(=O)N2CCC3(CC2)C(=O)N(Cc2ncc4ccccc4c2Br)c2cnccc23)CC1. The summed E-state index contributed by atoms with van der Waals surface area (Å²) in [5.41, 5.74) is 0.719. The zero-order chi connectivity index (χ0) is 25.1.